The van der Waals surface area contributed by atoms with Gasteiger partial charge in [0.15, 0.2) is 0 Å². The Bertz CT molecular complexity index is 1520. The van der Waals surface area contributed by atoms with Crippen molar-refractivity contribution < 1.29 is 18.7 Å². The van der Waals surface area contributed by atoms with E-state index in [1.165, 1.54) is 12.1 Å². The number of nitrogens with one attached hydrogen (secondary N) is 1. The lowest BCUT2D eigenvalue weighted by atomic mass is 9.93. The van der Waals surface area contributed by atoms with Gasteiger partial charge in [-0.15, -0.1) is 0 Å². The van der Waals surface area contributed by atoms with E-state index in [4.69, 9.17) is 21.3 Å². The van der Waals surface area contributed by atoms with Crippen LogP contribution in [0.5, 0.6) is 0 Å². The minimum atomic E-state index is -0.744. The van der Waals surface area contributed by atoms with Crippen molar-refractivity contribution in [3.05, 3.63) is 98.7 Å². The smallest absolute Gasteiger partial charge is 0.306 e. The number of rotatable bonds is 7. The van der Waals surface area contributed by atoms with Gasteiger partial charge in [-0.1, -0.05) is 63.9 Å². The summed E-state index contributed by atoms with van der Waals surface area (Å²) >= 11 is 9.86. The van der Waals surface area contributed by atoms with Crippen molar-refractivity contribution in [3.8, 4) is 11.3 Å². The molecule has 1 amide bonds. The molecule has 39 heavy (non-hydrogen) atoms. The molecule has 0 saturated heterocycles. The molecule has 1 heterocycles. The number of hydrogen-bond acceptors (Lipinski definition) is 4. The van der Waals surface area contributed by atoms with E-state index in [9.17, 15) is 14.0 Å². The minimum absolute atomic E-state index is 0.0311. The molecule has 4 rings (SSSR count). The second-order valence-corrected chi connectivity index (χ2v) is 11.6. The van der Waals surface area contributed by atoms with Crippen molar-refractivity contribution in [1.29, 1.82) is 0 Å². The fourth-order valence-electron chi connectivity index (χ4n) is 4.57. The summed E-state index contributed by atoms with van der Waals surface area (Å²) in [7, 11) is 0. The number of ether oxygens (including phenoxy) is 1. The first kappa shape index (κ1) is 28.7. The van der Waals surface area contributed by atoms with E-state index in [0.29, 0.717) is 27.7 Å². The molecule has 0 aliphatic carbocycles. The first-order chi connectivity index (χ1) is 18.4. The fraction of sp³-hybridized carbons (Fsp3) is 0.258. The van der Waals surface area contributed by atoms with Gasteiger partial charge in [0.1, 0.15) is 11.4 Å². The number of benzene rings is 3. The van der Waals surface area contributed by atoms with Gasteiger partial charge in [-0.05, 0) is 63.6 Å². The number of carbonyl (C=O) groups is 2. The van der Waals surface area contributed by atoms with E-state index in [1.807, 2.05) is 55.5 Å². The number of halogens is 3. The molecule has 0 aliphatic rings. The van der Waals surface area contributed by atoms with Crippen LogP contribution in [0.1, 0.15) is 54.6 Å². The molecule has 4 aromatic rings. The van der Waals surface area contributed by atoms with E-state index in [-0.39, 0.29) is 29.5 Å². The summed E-state index contributed by atoms with van der Waals surface area (Å²) in [5.41, 5.74) is 2.85. The summed E-state index contributed by atoms with van der Waals surface area (Å²) in [5.74, 6) is -2.17. The number of carbonyl (C=O) groups excluding carboxylic acids is 2. The topological polar surface area (TPSA) is 68.3 Å². The van der Waals surface area contributed by atoms with Crippen molar-refractivity contribution in [2.75, 3.05) is 6.54 Å². The number of aromatic nitrogens is 1. The normalized spacial score (nSPS) is 12.3. The Morgan fingerprint density at radius 2 is 1.79 bits per heavy atom. The molecule has 0 spiro atoms. The number of hydrogen-bond donors (Lipinski definition) is 1. The molecule has 202 valence electrons. The lowest BCUT2D eigenvalue weighted by Crippen LogP contribution is -2.32. The van der Waals surface area contributed by atoms with Crippen LogP contribution in [0.4, 0.5) is 4.39 Å². The average molecular weight is 612 g/mol. The lowest BCUT2D eigenvalue weighted by Gasteiger charge is -2.24. The number of nitrogens with zero attached hydrogens (tertiary/aromatic N) is 1. The monoisotopic (exact) mass is 610 g/mol. The van der Waals surface area contributed by atoms with E-state index >= 15 is 0 Å². The first-order valence-corrected chi connectivity index (χ1v) is 13.7. The maximum absolute atomic E-state index is 14.9. The lowest BCUT2D eigenvalue weighted by molar-refractivity contribution is -0.155. The maximum Gasteiger partial charge on any atom is 0.306 e. The Kier molecular flexibility index (Phi) is 8.72. The number of esters is 1. The molecule has 0 aliphatic heterocycles. The highest BCUT2D eigenvalue weighted by Crippen LogP contribution is 2.33. The van der Waals surface area contributed by atoms with Crippen LogP contribution in [0.25, 0.3) is 22.2 Å². The highest BCUT2D eigenvalue weighted by molar-refractivity contribution is 9.10. The van der Waals surface area contributed by atoms with Gasteiger partial charge in [0.25, 0.3) is 5.91 Å². The van der Waals surface area contributed by atoms with E-state index in [2.05, 4.69) is 21.2 Å². The van der Waals surface area contributed by atoms with Gasteiger partial charge in [-0.25, -0.2) is 9.37 Å². The van der Waals surface area contributed by atoms with Crippen molar-refractivity contribution >= 4 is 50.3 Å². The molecule has 1 aromatic heterocycles. The summed E-state index contributed by atoms with van der Waals surface area (Å²) in [4.78, 5) is 31.4. The second kappa shape index (κ2) is 11.8. The van der Waals surface area contributed by atoms with Gasteiger partial charge in [-0.3, -0.25) is 9.59 Å². The third-order valence-electron chi connectivity index (χ3n) is 6.21. The van der Waals surface area contributed by atoms with Gasteiger partial charge in [0.2, 0.25) is 0 Å². The van der Waals surface area contributed by atoms with Gasteiger partial charge in [0, 0.05) is 38.5 Å². The molecule has 5 nitrogen and oxygen atoms in total. The standard InChI is InChI=1S/C31H29BrClFN2O3/c1-18-27(22-16-21(32)13-14-25(22)36-29(18)19-9-6-5-7-10-19)30(38)35-17-20(15-26(37)39-31(2,3)4)28-23(33)11-8-12-24(28)34/h5-14,16,20H,15,17H2,1-4H3,(H,35,38). The van der Waals surface area contributed by atoms with Crippen molar-refractivity contribution in [2.24, 2.45) is 0 Å². The van der Waals surface area contributed by atoms with Crippen LogP contribution < -0.4 is 5.32 Å². The van der Waals surface area contributed by atoms with Crippen LogP contribution >= 0.6 is 27.5 Å². The average Bonchev–Trinajstić information content (AvgIpc) is 2.86. The zero-order valence-corrected chi connectivity index (χ0v) is 24.5. The molecule has 3 aromatic carbocycles. The highest BCUT2D eigenvalue weighted by atomic mass is 79.9. The molecule has 1 unspecified atom stereocenters. The van der Waals surface area contributed by atoms with Gasteiger partial charge >= 0.3 is 5.97 Å². The molecule has 1 atom stereocenters. The molecule has 1 N–H and O–H groups in total. The Morgan fingerprint density at radius 1 is 1.08 bits per heavy atom. The predicted octanol–water partition coefficient (Wildman–Crippen LogP) is 8.01. The Balaban J connectivity index is 1.72. The Morgan fingerprint density at radius 3 is 2.46 bits per heavy atom. The molecular formula is C31H29BrClFN2O3. The fourth-order valence-corrected chi connectivity index (χ4v) is 5.24. The molecule has 8 heteroatoms. The van der Waals surface area contributed by atoms with Gasteiger partial charge in [0.05, 0.1) is 23.2 Å². The predicted molar refractivity (Wildman–Crippen MR) is 157 cm³/mol. The summed E-state index contributed by atoms with van der Waals surface area (Å²) in [6.07, 6.45) is -0.158. The SMILES string of the molecule is Cc1c(-c2ccccc2)nc2ccc(Br)cc2c1C(=O)NCC(CC(=O)OC(C)(C)C)c1c(F)cccc1Cl. The largest absolute Gasteiger partial charge is 0.460 e. The number of pyridine rings is 1. The van der Waals surface area contributed by atoms with Crippen molar-refractivity contribution in [1.82, 2.24) is 10.3 Å². The van der Waals surface area contributed by atoms with Crippen LogP contribution in [-0.4, -0.2) is 29.0 Å². The molecule has 0 saturated carbocycles. The van der Waals surface area contributed by atoms with Crippen LogP contribution in [-0.2, 0) is 9.53 Å². The maximum atomic E-state index is 14.9. The van der Waals surface area contributed by atoms with Crippen LogP contribution in [0.15, 0.2) is 71.2 Å². The van der Waals surface area contributed by atoms with Crippen LogP contribution in [0, 0.1) is 12.7 Å². The summed E-state index contributed by atoms with van der Waals surface area (Å²) in [6, 6.07) is 19.6. The Labute approximate surface area is 240 Å². The second-order valence-electron chi connectivity index (χ2n) is 10.3. The first-order valence-electron chi connectivity index (χ1n) is 12.5. The Hall–Kier alpha value is -3.29. The zero-order chi connectivity index (χ0) is 28.3. The number of fused-ring (bicyclic) bond motifs is 1. The summed E-state index contributed by atoms with van der Waals surface area (Å²) in [5, 5.41) is 3.79. The highest BCUT2D eigenvalue weighted by Gasteiger charge is 2.27. The summed E-state index contributed by atoms with van der Waals surface area (Å²) in [6.45, 7) is 7.11. The molecule has 0 fully saturated rings. The zero-order valence-electron chi connectivity index (χ0n) is 22.1. The van der Waals surface area contributed by atoms with E-state index in [0.717, 1.165) is 10.0 Å². The third kappa shape index (κ3) is 6.84. The van der Waals surface area contributed by atoms with Gasteiger partial charge in [-0.2, -0.15) is 0 Å². The van der Waals surface area contributed by atoms with E-state index < -0.39 is 23.3 Å². The van der Waals surface area contributed by atoms with E-state index in [1.54, 1.807) is 26.8 Å². The van der Waals surface area contributed by atoms with Crippen LogP contribution in [0.2, 0.25) is 5.02 Å². The number of amides is 1. The van der Waals surface area contributed by atoms with Crippen molar-refractivity contribution in [2.45, 2.75) is 45.6 Å². The van der Waals surface area contributed by atoms with Crippen LogP contribution in [0.3, 0.4) is 0 Å². The van der Waals surface area contributed by atoms with Gasteiger partial charge < -0.3 is 10.1 Å². The molecule has 0 bridgehead atoms. The molecular weight excluding hydrogens is 583 g/mol. The summed E-state index contributed by atoms with van der Waals surface area (Å²) < 4.78 is 21.2. The minimum Gasteiger partial charge on any atom is -0.460 e. The third-order valence-corrected chi connectivity index (χ3v) is 7.04. The molecule has 0 radical (unpaired) electrons. The quantitative estimate of drug-likeness (QED) is 0.215. The van der Waals surface area contributed by atoms with Crippen molar-refractivity contribution in [3.63, 3.8) is 0 Å².